The van der Waals surface area contributed by atoms with E-state index in [1.165, 1.54) is 0 Å². The quantitative estimate of drug-likeness (QED) is 0.780. The fourth-order valence-electron chi connectivity index (χ4n) is 3.44. The predicted molar refractivity (Wildman–Crippen MR) is 81.8 cm³/mol. The van der Waals surface area contributed by atoms with Crippen molar-refractivity contribution in [2.75, 3.05) is 6.54 Å². The van der Waals surface area contributed by atoms with E-state index in [1.54, 1.807) is 0 Å². The van der Waals surface area contributed by atoms with Crippen LogP contribution in [0.2, 0.25) is 0 Å². The first-order valence-electron chi connectivity index (χ1n) is 7.83. The smallest absolute Gasteiger partial charge is 0.0672 e. The Morgan fingerprint density at radius 1 is 1.20 bits per heavy atom. The summed E-state index contributed by atoms with van der Waals surface area (Å²) in [4.78, 5) is 2.38. The molecular formula is C17H29N3. The Morgan fingerprint density at radius 2 is 1.85 bits per heavy atom. The molecule has 0 saturated heterocycles. The van der Waals surface area contributed by atoms with Gasteiger partial charge in [-0.3, -0.25) is 4.90 Å². The molecule has 0 heterocycles. The van der Waals surface area contributed by atoms with Crippen molar-refractivity contribution in [1.29, 1.82) is 10.5 Å². The topological polar surface area (TPSA) is 50.8 Å². The third kappa shape index (κ3) is 4.22. The molecule has 1 fully saturated rings. The van der Waals surface area contributed by atoms with Gasteiger partial charge in [-0.2, -0.15) is 10.5 Å². The van der Waals surface area contributed by atoms with Crippen LogP contribution in [0.15, 0.2) is 0 Å². The third-order valence-corrected chi connectivity index (χ3v) is 4.78. The van der Waals surface area contributed by atoms with Crippen LogP contribution >= 0.6 is 0 Å². The van der Waals surface area contributed by atoms with Crippen molar-refractivity contribution in [2.45, 2.75) is 72.4 Å². The van der Waals surface area contributed by atoms with Crippen molar-refractivity contribution >= 4 is 0 Å². The molecule has 3 atom stereocenters. The normalized spacial score (nSPS) is 27.4. The van der Waals surface area contributed by atoms with Crippen molar-refractivity contribution in [3.8, 4) is 12.1 Å². The van der Waals surface area contributed by atoms with E-state index >= 15 is 0 Å². The Morgan fingerprint density at radius 3 is 2.30 bits per heavy atom. The molecule has 1 aliphatic rings. The zero-order valence-corrected chi connectivity index (χ0v) is 13.7. The minimum atomic E-state index is 0.120. The van der Waals surface area contributed by atoms with Gasteiger partial charge in [0.05, 0.1) is 18.1 Å². The molecule has 0 aliphatic heterocycles. The van der Waals surface area contributed by atoms with Crippen LogP contribution in [0.3, 0.4) is 0 Å². The van der Waals surface area contributed by atoms with Crippen LogP contribution in [0.1, 0.15) is 60.3 Å². The van der Waals surface area contributed by atoms with Crippen LogP contribution in [0.5, 0.6) is 0 Å². The molecule has 0 spiro atoms. The maximum absolute atomic E-state index is 9.46. The molecule has 0 aromatic heterocycles. The average molecular weight is 275 g/mol. The van der Waals surface area contributed by atoms with E-state index < -0.39 is 0 Å². The van der Waals surface area contributed by atoms with Gasteiger partial charge in [0.25, 0.3) is 0 Å². The SMILES string of the molecule is CC(C)N(CCC#N)C1CC(C(C)(C)C)CCC1C#N. The fraction of sp³-hybridized carbons (Fsp3) is 0.882. The summed E-state index contributed by atoms with van der Waals surface area (Å²) in [7, 11) is 0. The van der Waals surface area contributed by atoms with Crippen molar-refractivity contribution in [3.63, 3.8) is 0 Å². The number of nitrogens with zero attached hydrogens (tertiary/aromatic N) is 3. The highest BCUT2D eigenvalue weighted by Gasteiger charge is 2.39. The summed E-state index contributed by atoms with van der Waals surface area (Å²) in [5.74, 6) is 0.787. The van der Waals surface area contributed by atoms with Crippen molar-refractivity contribution in [1.82, 2.24) is 4.90 Å². The Balaban J connectivity index is 2.89. The molecule has 112 valence electrons. The molecule has 0 amide bonds. The first kappa shape index (κ1) is 17.0. The highest BCUT2D eigenvalue weighted by Crippen LogP contribution is 2.41. The molecule has 0 N–H and O–H groups in total. The van der Waals surface area contributed by atoms with Crippen molar-refractivity contribution in [2.24, 2.45) is 17.3 Å². The summed E-state index contributed by atoms with van der Waals surface area (Å²) in [5.41, 5.74) is 0.302. The lowest BCUT2D eigenvalue weighted by Crippen LogP contribution is -2.49. The summed E-state index contributed by atoms with van der Waals surface area (Å²) in [6.45, 7) is 12.0. The molecule has 0 bridgehead atoms. The lowest BCUT2D eigenvalue weighted by Gasteiger charge is -2.45. The molecular weight excluding hydrogens is 246 g/mol. The highest BCUT2D eigenvalue weighted by atomic mass is 15.2. The highest BCUT2D eigenvalue weighted by molar-refractivity contribution is 5.00. The molecule has 3 heteroatoms. The summed E-state index contributed by atoms with van der Waals surface area (Å²) in [6.07, 6.45) is 3.79. The Kier molecular flexibility index (Phi) is 6.03. The minimum absolute atomic E-state index is 0.120. The van der Waals surface area contributed by atoms with Gasteiger partial charge < -0.3 is 0 Å². The molecule has 20 heavy (non-hydrogen) atoms. The van der Waals surface area contributed by atoms with E-state index in [2.05, 4.69) is 51.7 Å². The zero-order valence-electron chi connectivity index (χ0n) is 13.7. The van der Waals surface area contributed by atoms with Gasteiger partial charge in [-0.25, -0.2) is 0 Å². The van der Waals surface area contributed by atoms with Gasteiger partial charge >= 0.3 is 0 Å². The fourth-order valence-corrected chi connectivity index (χ4v) is 3.44. The molecule has 0 radical (unpaired) electrons. The van der Waals surface area contributed by atoms with E-state index in [4.69, 9.17) is 5.26 Å². The Labute approximate surface area is 124 Å². The van der Waals surface area contributed by atoms with Crippen LogP contribution < -0.4 is 0 Å². The second-order valence-corrected chi connectivity index (χ2v) is 7.42. The molecule has 0 aromatic carbocycles. The van der Waals surface area contributed by atoms with Crippen LogP contribution in [0, 0.1) is 39.9 Å². The molecule has 3 unspecified atom stereocenters. The molecule has 1 saturated carbocycles. The van der Waals surface area contributed by atoms with Crippen molar-refractivity contribution in [3.05, 3.63) is 0 Å². The maximum atomic E-state index is 9.46. The number of hydrogen-bond donors (Lipinski definition) is 0. The largest absolute Gasteiger partial charge is 0.296 e. The van der Waals surface area contributed by atoms with Gasteiger partial charge in [-0.05, 0) is 44.4 Å². The van der Waals surface area contributed by atoms with Gasteiger partial charge in [0.1, 0.15) is 0 Å². The molecule has 0 aromatic rings. The summed E-state index contributed by atoms with van der Waals surface area (Å²) in [6, 6.07) is 5.46. The van der Waals surface area contributed by atoms with Crippen LogP contribution in [0.25, 0.3) is 0 Å². The van der Waals surface area contributed by atoms with Crippen LogP contribution in [-0.4, -0.2) is 23.5 Å². The minimum Gasteiger partial charge on any atom is -0.296 e. The molecule has 1 rings (SSSR count). The Hall–Kier alpha value is -1.06. The number of hydrogen-bond acceptors (Lipinski definition) is 3. The predicted octanol–water partition coefficient (Wildman–Crippen LogP) is 3.97. The first-order valence-corrected chi connectivity index (χ1v) is 7.83. The van der Waals surface area contributed by atoms with Gasteiger partial charge in [0.2, 0.25) is 0 Å². The average Bonchev–Trinajstić information content (AvgIpc) is 2.37. The second-order valence-electron chi connectivity index (χ2n) is 7.42. The summed E-state index contributed by atoms with van der Waals surface area (Å²) >= 11 is 0. The zero-order chi connectivity index (χ0) is 15.3. The van der Waals surface area contributed by atoms with E-state index in [-0.39, 0.29) is 5.92 Å². The van der Waals surface area contributed by atoms with E-state index in [0.29, 0.717) is 29.8 Å². The Bertz CT molecular complexity index is 381. The summed E-state index contributed by atoms with van der Waals surface area (Å²) in [5, 5.41) is 18.3. The number of rotatable bonds is 4. The lowest BCUT2D eigenvalue weighted by molar-refractivity contribution is 0.0436. The van der Waals surface area contributed by atoms with Crippen LogP contribution in [-0.2, 0) is 0 Å². The second kappa shape index (κ2) is 7.09. The lowest BCUT2D eigenvalue weighted by atomic mass is 9.67. The van der Waals surface area contributed by atoms with E-state index in [0.717, 1.165) is 25.8 Å². The van der Waals surface area contributed by atoms with Gasteiger partial charge in [-0.1, -0.05) is 20.8 Å². The van der Waals surface area contributed by atoms with Gasteiger partial charge in [0.15, 0.2) is 0 Å². The standard InChI is InChI=1S/C17H29N3/c1-13(2)20(10-6-9-18)16-11-15(17(3,4)5)8-7-14(16)12-19/h13-16H,6-8,10-11H2,1-5H3. The van der Waals surface area contributed by atoms with E-state index in [9.17, 15) is 5.26 Å². The van der Waals surface area contributed by atoms with Crippen molar-refractivity contribution < 1.29 is 0 Å². The molecule has 3 nitrogen and oxygen atoms in total. The first-order chi connectivity index (χ1) is 9.31. The summed E-state index contributed by atoms with van der Waals surface area (Å²) < 4.78 is 0. The molecule has 1 aliphatic carbocycles. The van der Waals surface area contributed by atoms with E-state index in [1.807, 2.05) is 0 Å². The maximum Gasteiger partial charge on any atom is 0.0672 e. The third-order valence-electron chi connectivity index (χ3n) is 4.78. The monoisotopic (exact) mass is 275 g/mol. The van der Waals surface area contributed by atoms with Gasteiger partial charge in [0, 0.05) is 25.0 Å². The van der Waals surface area contributed by atoms with Crippen LogP contribution in [0.4, 0.5) is 0 Å². The number of nitriles is 2. The van der Waals surface area contributed by atoms with Gasteiger partial charge in [-0.15, -0.1) is 0 Å².